The van der Waals surface area contributed by atoms with Gasteiger partial charge in [0.05, 0.1) is 45.7 Å². The molecule has 0 aliphatic rings. The van der Waals surface area contributed by atoms with Gasteiger partial charge in [0.15, 0.2) is 23.5 Å². The number of rotatable bonds is 13. The molecule has 1 aromatic heterocycles. The minimum absolute atomic E-state index is 0.0123. The molecule has 1 heterocycles. The third kappa shape index (κ3) is 7.18. The van der Waals surface area contributed by atoms with Gasteiger partial charge in [0, 0.05) is 6.54 Å². The van der Waals surface area contributed by atoms with Crippen molar-refractivity contribution in [1.29, 1.82) is 0 Å². The summed E-state index contributed by atoms with van der Waals surface area (Å²) in [7, 11) is 4.37. The zero-order valence-corrected chi connectivity index (χ0v) is 20.9. The van der Waals surface area contributed by atoms with Gasteiger partial charge in [-0.15, -0.1) is 5.10 Å². The molecule has 0 aliphatic carbocycles. The van der Waals surface area contributed by atoms with Gasteiger partial charge in [0.25, 0.3) is 11.8 Å². The summed E-state index contributed by atoms with van der Waals surface area (Å²) in [6.45, 7) is 0.428. The maximum atomic E-state index is 12.7. The molecule has 0 aliphatic heterocycles. The lowest BCUT2D eigenvalue weighted by Gasteiger charge is -2.19. The zero-order valence-electron chi connectivity index (χ0n) is 20.9. The molecule has 0 saturated carbocycles. The van der Waals surface area contributed by atoms with Crippen LogP contribution in [-0.2, 0) is 13.0 Å². The minimum Gasteiger partial charge on any atom is -0.493 e. The molecule has 4 N–H and O–H groups in total. The quantitative estimate of drug-likeness (QED) is 0.242. The van der Waals surface area contributed by atoms with Gasteiger partial charge in [-0.1, -0.05) is 35.5 Å². The highest BCUT2D eigenvalue weighted by atomic mass is 16.5. The number of methoxy groups -OCH3 is 3. The molecule has 3 rings (SSSR count). The fraction of sp³-hybridized carbons (Fsp3) is 0.360. The lowest BCUT2D eigenvalue weighted by atomic mass is 10.0. The van der Waals surface area contributed by atoms with Crippen LogP contribution in [0.15, 0.2) is 48.7 Å². The molecule has 0 bridgehead atoms. The number of benzene rings is 2. The van der Waals surface area contributed by atoms with Crippen LogP contribution in [0.4, 0.5) is 0 Å². The van der Waals surface area contributed by atoms with Gasteiger partial charge >= 0.3 is 0 Å². The van der Waals surface area contributed by atoms with E-state index in [9.17, 15) is 19.8 Å². The monoisotopic (exact) mass is 513 g/mol. The van der Waals surface area contributed by atoms with Crippen LogP contribution in [0.25, 0.3) is 0 Å². The third-order valence-corrected chi connectivity index (χ3v) is 5.61. The van der Waals surface area contributed by atoms with Crippen LogP contribution in [0.5, 0.6) is 17.2 Å². The first kappa shape index (κ1) is 27.4. The molecule has 1 atom stereocenters. The predicted molar refractivity (Wildman–Crippen MR) is 133 cm³/mol. The Morgan fingerprint density at radius 3 is 2.35 bits per heavy atom. The molecule has 1 unspecified atom stereocenters. The number of aryl methyl sites for hydroxylation is 1. The van der Waals surface area contributed by atoms with E-state index in [1.54, 1.807) is 12.1 Å². The van der Waals surface area contributed by atoms with Crippen LogP contribution in [0, 0.1) is 0 Å². The maximum absolute atomic E-state index is 12.7. The van der Waals surface area contributed by atoms with Crippen molar-refractivity contribution in [3.63, 3.8) is 0 Å². The smallest absolute Gasteiger partial charge is 0.273 e. The van der Waals surface area contributed by atoms with Gasteiger partial charge in [-0.25, -0.2) is 4.68 Å². The standard InChI is InChI=1S/C25H31N5O7/c1-35-20-12-10-17(21(36-2)22(20)37-3)23(31)26-13-14-30-15-19(28-29-30)24(32)27-18(25(33)34)11-9-16-7-5-4-6-8-16/h4-8,10,12,15,18,25,33-34H,9,11,13-14H2,1-3H3,(H,26,31)(H,27,32). The van der Waals surface area contributed by atoms with E-state index < -0.39 is 24.1 Å². The summed E-state index contributed by atoms with van der Waals surface area (Å²) in [4.78, 5) is 25.3. The first-order chi connectivity index (χ1) is 17.9. The fourth-order valence-electron chi connectivity index (χ4n) is 3.68. The molecule has 0 spiro atoms. The van der Waals surface area contributed by atoms with E-state index in [4.69, 9.17) is 14.2 Å². The second-order valence-electron chi connectivity index (χ2n) is 8.02. The molecule has 12 nitrogen and oxygen atoms in total. The van der Waals surface area contributed by atoms with Gasteiger partial charge in [-0.3, -0.25) is 9.59 Å². The predicted octanol–water partition coefficient (Wildman–Crippen LogP) is 0.776. The molecule has 2 amide bonds. The Labute approximate surface area is 214 Å². The van der Waals surface area contributed by atoms with E-state index in [2.05, 4.69) is 20.9 Å². The molecular weight excluding hydrogens is 482 g/mol. The van der Waals surface area contributed by atoms with Crippen molar-refractivity contribution in [2.75, 3.05) is 27.9 Å². The van der Waals surface area contributed by atoms with Gasteiger partial charge < -0.3 is 35.1 Å². The third-order valence-electron chi connectivity index (χ3n) is 5.61. The number of aliphatic hydroxyl groups is 2. The van der Waals surface area contributed by atoms with Crippen molar-refractivity contribution in [3.05, 3.63) is 65.5 Å². The lowest BCUT2D eigenvalue weighted by molar-refractivity contribution is -0.0665. The van der Waals surface area contributed by atoms with Gasteiger partial charge in [-0.05, 0) is 30.5 Å². The average molecular weight is 514 g/mol. The number of carbonyl (C=O) groups is 2. The Bertz CT molecular complexity index is 1180. The normalized spacial score (nSPS) is 11.6. The summed E-state index contributed by atoms with van der Waals surface area (Å²) in [6.07, 6.45) is 0.566. The molecular formula is C25H31N5O7. The first-order valence-electron chi connectivity index (χ1n) is 11.6. The Balaban J connectivity index is 1.54. The van der Waals surface area contributed by atoms with Crippen LogP contribution in [-0.4, -0.2) is 77.2 Å². The van der Waals surface area contributed by atoms with Gasteiger partial charge in [0.1, 0.15) is 0 Å². The SMILES string of the molecule is COc1ccc(C(=O)NCCn2cc(C(=O)NC(CCc3ccccc3)C(O)O)nn2)c(OC)c1OC. The van der Waals surface area contributed by atoms with Crippen LogP contribution in [0.1, 0.15) is 32.8 Å². The van der Waals surface area contributed by atoms with E-state index in [-0.39, 0.29) is 30.1 Å². The number of hydrogen-bond acceptors (Lipinski definition) is 9. The minimum atomic E-state index is -1.73. The van der Waals surface area contributed by atoms with E-state index in [1.807, 2.05) is 30.3 Å². The number of hydrogen-bond donors (Lipinski definition) is 4. The summed E-state index contributed by atoms with van der Waals surface area (Å²) in [5.41, 5.74) is 1.29. The second-order valence-corrected chi connectivity index (χ2v) is 8.02. The van der Waals surface area contributed by atoms with E-state index in [1.165, 1.54) is 32.2 Å². The van der Waals surface area contributed by atoms with Crippen molar-refractivity contribution in [2.45, 2.75) is 31.7 Å². The summed E-state index contributed by atoms with van der Waals surface area (Å²) in [5, 5.41) is 32.5. The molecule has 3 aromatic rings. The molecule has 12 heteroatoms. The summed E-state index contributed by atoms with van der Waals surface area (Å²) in [5.74, 6) is -0.00228. The highest BCUT2D eigenvalue weighted by Gasteiger charge is 2.22. The second kappa shape index (κ2) is 13.2. The summed E-state index contributed by atoms with van der Waals surface area (Å²) >= 11 is 0. The summed E-state index contributed by atoms with van der Waals surface area (Å²) < 4.78 is 17.3. The molecule has 37 heavy (non-hydrogen) atoms. The Morgan fingerprint density at radius 2 is 1.70 bits per heavy atom. The molecule has 0 saturated heterocycles. The lowest BCUT2D eigenvalue weighted by Crippen LogP contribution is -2.43. The van der Waals surface area contributed by atoms with Crippen LogP contribution in [0.3, 0.4) is 0 Å². The highest BCUT2D eigenvalue weighted by Crippen LogP contribution is 2.39. The molecule has 198 valence electrons. The van der Waals surface area contributed by atoms with Crippen LogP contribution in [0.2, 0.25) is 0 Å². The van der Waals surface area contributed by atoms with Crippen molar-refractivity contribution in [2.24, 2.45) is 0 Å². The number of aliphatic hydroxyl groups excluding tert-OH is 1. The van der Waals surface area contributed by atoms with Crippen molar-refractivity contribution < 1.29 is 34.0 Å². The first-order valence-corrected chi connectivity index (χ1v) is 11.6. The highest BCUT2D eigenvalue weighted by molar-refractivity contribution is 5.98. The van der Waals surface area contributed by atoms with E-state index in [0.717, 1.165) is 5.56 Å². The van der Waals surface area contributed by atoms with Crippen LogP contribution >= 0.6 is 0 Å². The van der Waals surface area contributed by atoms with E-state index >= 15 is 0 Å². The van der Waals surface area contributed by atoms with Gasteiger partial charge in [-0.2, -0.15) is 0 Å². The average Bonchev–Trinajstić information content (AvgIpc) is 3.39. The number of aromatic nitrogens is 3. The topological polar surface area (TPSA) is 157 Å². The number of nitrogens with one attached hydrogen (secondary N) is 2. The molecule has 2 aromatic carbocycles. The molecule has 0 radical (unpaired) electrons. The largest absolute Gasteiger partial charge is 0.493 e. The van der Waals surface area contributed by atoms with Crippen LogP contribution < -0.4 is 24.8 Å². The Morgan fingerprint density at radius 1 is 0.973 bits per heavy atom. The Kier molecular flexibility index (Phi) is 9.81. The Hall–Kier alpha value is -4.16. The fourth-order valence-corrected chi connectivity index (χ4v) is 3.68. The number of nitrogens with zero attached hydrogens (tertiary/aromatic N) is 3. The van der Waals surface area contributed by atoms with Crippen molar-refractivity contribution >= 4 is 11.8 Å². The van der Waals surface area contributed by atoms with E-state index in [0.29, 0.717) is 24.3 Å². The number of ether oxygens (including phenoxy) is 3. The molecule has 0 fully saturated rings. The van der Waals surface area contributed by atoms with Crippen molar-refractivity contribution in [1.82, 2.24) is 25.6 Å². The van der Waals surface area contributed by atoms with Gasteiger partial charge in [0.2, 0.25) is 5.75 Å². The zero-order chi connectivity index (χ0) is 26.8. The van der Waals surface area contributed by atoms with Crippen molar-refractivity contribution in [3.8, 4) is 17.2 Å². The number of amides is 2. The maximum Gasteiger partial charge on any atom is 0.273 e. The number of carbonyl (C=O) groups excluding carboxylic acids is 2. The summed E-state index contributed by atoms with van der Waals surface area (Å²) in [6, 6.07) is 11.8.